The first-order chi connectivity index (χ1) is 11.2. The van der Waals surface area contributed by atoms with Crippen LogP contribution in [0.5, 0.6) is 0 Å². The predicted octanol–water partition coefficient (Wildman–Crippen LogP) is 4.73. The summed E-state index contributed by atoms with van der Waals surface area (Å²) in [6.45, 7) is 12.4. The Balaban J connectivity index is 2.08. The van der Waals surface area contributed by atoms with E-state index in [0.717, 1.165) is 6.42 Å². The predicted molar refractivity (Wildman–Crippen MR) is 99.4 cm³/mol. The molecule has 2 heterocycles. The van der Waals surface area contributed by atoms with Crippen LogP contribution in [-0.2, 0) is 9.47 Å². The van der Waals surface area contributed by atoms with Crippen LogP contribution in [0.15, 0.2) is 17.5 Å². The van der Waals surface area contributed by atoms with Gasteiger partial charge in [-0.2, -0.15) is 0 Å². The van der Waals surface area contributed by atoms with Gasteiger partial charge in [0.05, 0.1) is 6.61 Å². The topological polar surface area (TPSA) is 38.8 Å². The highest BCUT2D eigenvalue weighted by atomic mass is 32.1. The van der Waals surface area contributed by atoms with Crippen LogP contribution >= 0.6 is 11.3 Å². The minimum absolute atomic E-state index is 0.136. The lowest BCUT2D eigenvalue weighted by Crippen LogP contribution is -2.37. The standard InChI is InChI=1S/C19H29NO3S/c1-6-22-14-19(8-7-16-11-15(2)24-12-16)9-10-20(13-19)17(21)23-18(3,4)5/h7-8,11-12H,6,9-10,13-14H2,1-5H3/t19-/m1/s1. The summed E-state index contributed by atoms with van der Waals surface area (Å²) in [4.78, 5) is 15.4. The van der Waals surface area contributed by atoms with Gasteiger partial charge in [-0.25, -0.2) is 4.79 Å². The number of carbonyl (C=O) groups is 1. The Morgan fingerprint density at radius 2 is 2.21 bits per heavy atom. The molecule has 0 aromatic carbocycles. The van der Waals surface area contributed by atoms with E-state index in [-0.39, 0.29) is 11.5 Å². The normalized spacial score (nSPS) is 21.6. The average Bonchev–Trinajstić information content (AvgIpc) is 3.09. The number of carbonyl (C=O) groups excluding carboxylic acids is 1. The number of hydrogen-bond acceptors (Lipinski definition) is 4. The van der Waals surface area contributed by atoms with Gasteiger partial charge in [-0.1, -0.05) is 12.2 Å². The van der Waals surface area contributed by atoms with Crippen LogP contribution in [0.25, 0.3) is 6.08 Å². The number of amides is 1. The molecular weight excluding hydrogens is 322 g/mol. The smallest absolute Gasteiger partial charge is 0.410 e. The molecule has 1 aromatic heterocycles. The van der Waals surface area contributed by atoms with Crippen LogP contribution in [0.2, 0.25) is 0 Å². The van der Waals surface area contributed by atoms with Crippen molar-refractivity contribution >= 4 is 23.5 Å². The molecule has 0 spiro atoms. The number of likely N-dealkylation sites (tertiary alicyclic amines) is 1. The minimum atomic E-state index is -0.466. The van der Waals surface area contributed by atoms with E-state index in [0.29, 0.717) is 26.3 Å². The molecule has 2 rings (SSSR count). The van der Waals surface area contributed by atoms with Gasteiger partial charge in [0.15, 0.2) is 0 Å². The maximum Gasteiger partial charge on any atom is 0.410 e. The molecule has 0 bridgehead atoms. The largest absolute Gasteiger partial charge is 0.444 e. The molecule has 134 valence electrons. The summed E-state index contributed by atoms with van der Waals surface area (Å²) in [6.07, 6.45) is 5.03. The molecule has 24 heavy (non-hydrogen) atoms. The molecule has 1 aliphatic heterocycles. The zero-order valence-electron chi connectivity index (χ0n) is 15.4. The van der Waals surface area contributed by atoms with Gasteiger partial charge in [0.2, 0.25) is 0 Å². The third-order valence-electron chi connectivity index (χ3n) is 4.01. The van der Waals surface area contributed by atoms with Crippen molar-refractivity contribution in [3.63, 3.8) is 0 Å². The quantitative estimate of drug-likeness (QED) is 0.769. The van der Waals surface area contributed by atoms with E-state index in [4.69, 9.17) is 9.47 Å². The molecule has 0 N–H and O–H groups in total. The van der Waals surface area contributed by atoms with Gasteiger partial charge >= 0.3 is 6.09 Å². The maximum absolute atomic E-state index is 12.3. The van der Waals surface area contributed by atoms with Gasteiger partial charge in [0.25, 0.3) is 0 Å². The molecule has 1 saturated heterocycles. The fourth-order valence-corrected chi connectivity index (χ4v) is 3.48. The van der Waals surface area contributed by atoms with Crippen molar-refractivity contribution in [2.24, 2.45) is 5.41 Å². The summed E-state index contributed by atoms with van der Waals surface area (Å²) < 4.78 is 11.2. The molecule has 0 radical (unpaired) electrons. The van der Waals surface area contributed by atoms with Crippen LogP contribution < -0.4 is 0 Å². The van der Waals surface area contributed by atoms with Crippen LogP contribution in [0.3, 0.4) is 0 Å². The van der Waals surface area contributed by atoms with E-state index in [1.807, 2.05) is 27.7 Å². The first kappa shape index (κ1) is 19.0. The van der Waals surface area contributed by atoms with E-state index >= 15 is 0 Å². The fraction of sp³-hybridized carbons (Fsp3) is 0.632. The Kier molecular flexibility index (Phi) is 6.10. The summed E-state index contributed by atoms with van der Waals surface area (Å²) in [5.74, 6) is 0. The Labute approximate surface area is 149 Å². The van der Waals surface area contributed by atoms with Crippen molar-refractivity contribution in [3.05, 3.63) is 28.0 Å². The van der Waals surface area contributed by atoms with Gasteiger partial charge < -0.3 is 14.4 Å². The lowest BCUT2D eigenvalue weighted by Gasteiger charge is -2.27. The van der Waals surface area contributed by atoms with Crippen molar-refractivity contribution in [2.75, 3.05) is 26.3 Å². The second-order valence-electron chi connectivity index (χ2n) is 7.48. The third kappa shape index (κ3) is 5.35. The average molecular weight is 352 g/mol. The van der Waals surface area contributed by atoms with Crippen molar-refractivity contribution in [3.8, 4) is 0 Å². The van der Waals surface area contributed by atoms with E-state index in [9.17, 15) is 4.79 Å². The number of hydrogen-bond donors (Lipinski definition) is 0. The second kappa shape index (κ2) is 7.70. The summed E-state index contributed by atoms with van der Waals surface area (Å²) in [5, 5.41) is 2.15. The van der Waals surface area contributed by atoms with E-state index in [1.54, 1.807) is 16.2 Å². The molecule has 1 fully saturated rings. The van der Waals surface area contributed by atoms with Gasteiger partial charge in [0.1, 0.15) is 5.60 Å². The highest BCUT2D eigenvalue weighted by molar-refractivity contribution is 7.10. The van der Waals surface area contributed by atoms with Crippen LogP contribution in [-0.4, -0.2) is 42.9 Å². The SMILES string of the molecule is CCOC[C@]1(C=Cc2csc(C)c2)CCN(C(=O)OC(C)(C)C)C1. The van der Waals surface area contributed by atoms with Crippen molar-refractivity contribution in [2.45, 2.75) is 46.6 Å². The first-order valence-electron chi connectivity index (χ1n) is 8.53. The van der Waals surface area contributed by atoms with Crippen molar-refractivity contribution in [1.29, 1.82) is 0 Å². The number of nitrogens with zero attached hydrogens (tertiary/aromatic N) is 1. The molecule has 1 atom stereocenters. The highest BCUT2D eigenvalue weighted by Gasteiger charge is 2.39. The Morgan fingerprint density at radius 1 is 1.46 bits per heavy atom. The zero-order chi connectivity index (χ0) is 17.8. The molecule has 1 aliphatic rings. The van der Waals surface area contributed by atoms with E-state index < -0.39 is 5.60 Å². The molecule has 4 nitrogen and oxygen atoms in total. The lowest BCUT2D eigenvalue weighted by molar-refractivity contribution is 0.0250. The summed E-state index contributed by atoms with van der Waals surface area (Å²) in [7, 11) is 0. The van der Waals surface area contributed by atoms with Crippen molar-refractivity contribution in [1.82, 2.24) is 4.90 Å². The Hall–Kier alpha value is -1.33. The number of thiophene rings is 1. The Bertz CT molecular complexity index is 588. The van der Waals surface area contributed by atoms with Crippen LogP contribution in [0.4, 0.5) is 4.79 Å². The molecule has 1 aromatic rings. The molecule has 1 amide bonds. The van der Waals surface area contributed by atoms with Gasteiger partial charge in [-0.05, 0) is 58.0 Å². The molecule has 0 aliphatic carbocycles. The number of rotatable bonds is 5. The van der Waals surface area contributed by atoms with E-state index in [1.165, 1.54) is 10.4 Å². The van der Waals surface area contributed by atoms with Crippen LogP contribution in [0.1, 0.15) is 44.6 Å². The zero-order valence-corrected chi connectivity index (χ0v) is 16.2. The van der Waals surface area contributed by atoms with Gasteiger partial charge in [-0.15, -0.1) is 11.3 Å². The maximum atomic E-state index is 12.3. The molecule has 0 saturated carbocycles. The van der Waals surface area contributed by atoms with Gasteiger partial charge in [-0.3, -0.25) is 0 Å². The summed E-state index contributed by atoms with van der Waals surface area (Å²) in [6, 6.07) is 2.18. The molecule has 5 heteroatoms. The van der Waals surface area contributed by atoms with Gasteiger partial charge in [0, 0.05) is 30.0 Å². The molecule has 0 unspecified atom stereocenters. The third-order valence-corrected chi connectivity index (χ3v) is 4.89. The van der Waals surface area contributed by atoms with Crippen LogP contribution in [0, 0.1) is 12.3 Å². The lowest BCUT2D eigenvalue weighted by atomic mass is 9.87. The van der Waals surface area contributed by atoms with E-state index in [2.05, 4.69) is 30.5 Å². The minimum Gasteiger partial charge on any atom is -0.444 e. The highest BCUT2D eigenvalue weighted by Crippen LogP contribution is 2.34. The first-order valence-corrected chi connectivity index (χ1v) is 9.41. The second-order valence-corrected chi connectivity index (χ2v) is 8.59. The molecular formula is C19H29NO3S. The van der Waals surface area contributed by atoms with Crippen molar-refractivity contribution < 1.29 is 14.3 Å². The monoisotopic (exact) mass is 351 g/mol. The number of ether oxygens (including phenoxy) is 2. The Morgan fingerprint density at radius 3 is 2.79 bits per heavy atom. The summed E-state index contributed by atoms with van der Waals surface area (Å²) in [5.41, 5.74) is 0.610. The summed E-state index contributed by atoms with van der Waals surface area (Å²) >= 11 is 1.75. The fourth-order valence-electron chi connectivity index (χ4n) is 2.81. The number of aryl methyl sites for hydroxylation is 1.